The standard InChI is InChI=1S/C32H33N7O/c1-4-38-16-14-25(15-17-38)35-23-7-9-24(10-8-23)37-32(40)27-12-11-26(20-29(27)34)36-30-18-21(3)39(5-2)31-13-6-22(33)19-28(30)31/h6-20H,4-5,33-34H2,1-3H3,(H,37,40). The highest BCUT2D eigenvalue weighted by atomic mass is 16.1. The second kappa shape index (κ2) is 11.3. The van der Waals surface area contributed by atoms with Gasteiger partial charge in [0.15, 0.2) is 0 Å². The number of rotatable bonds is 6. The molecule has 3 aromatic carbocycles. The molecule has 0 aliphatic rings. The maximum atomic E-state index is 13.0. The lowest BCUT2D eigenvalue weighted by molar-refractivity contribution is 0.102. The molecular formula is C32H33N7O. The van der Waals surface area contributed by atoms with Gasteiger partial charge >= 0.3 is 0 Å². The number of nitrogens with zero attached hydrogens (tertiary/aromatic N) is 4. The molecule has 0 saturated carbocycles. The van der Waals surface area contributed by atoms with Gasteiger partial charge in [-0.2, -0.15) is 0 Å². The number of nitrogens with two attached hydrogens (primary N) is 2. The van der Waals surface area contributed by atoms with Crippen molar-refractivity contribution in [1.29, 1.82) is 0 Å². The molecule has 0 spiro atoms. The molecule has 0 aliphatic carbocycles. The summed E-state index contributed by atoms with van der Waals surface area (Å²) in [6.45, 7) is 8.01. The maximum Gasteiger partial charge on any atom is 0.257 e. The Labute approximate surface area is 233 Å². The van der Waals surface area contributed by atoms with E-state index in [2.05, 4.69) is 40.2 Å². The predicted molar refractivity (Wildman–Crippen MR) is 163 cm³/mol. The van der Waals surface area contributed by atoms with E-state index in [1.165, 1.54) is 0 Å². The first-order valence-corrected chi connectivity index (χ1v) is 13.3. The summed E-state index contributed by atoms with van der Waals surface area (Å²) >= 11 is 0. The Hall–Kier alpha value is -5.11. The molecule has 8 heteroatoms. The molecule has 2 heterocycles. The lowest BCUT2D eigenvalue weighted by Crippen LogP contribution is -2.14. The fraction of sp³-hybridized carbons (Fsp3) is 0.156. The monoisotopic (exact) mass is 531 g/mol. The van der Waals surface area contributed by atoms with E-state index in [-0.39, 0.29) is 5.91 Å². The number of anilines is 3. The first kappa shape index (κ1) is 26.5. The number of aromatic nitrogens is 2. The molecule has 40 heavy (non-hydrogen) atoms. The molecular weight excluding hydrogens is 498 g/mol. The molecule has 202 valence electrons. The number of nitrogen functional groups attached to an aromatic ring is 2. The zero-order chi connectivity index (χ0) is 28.2. The predicted octanol–water partition coefficient (Wildman–Crippen LogP) is 5.67. The molecule has 0 radical (unpaired) electrons. The molecule has 0 unspecified atom stereocenters. The van der Waals surface area contributed by atoms with Crippen LogP contribution in [0.1, 0.15) is 29.9 Å². The van der Waals surface area contributed by atoms with Crippen molar-refractivity contribution in [3.05, 3.63) is 113 Å². The molecule has 0 aliphatic heterocycles. The van der Waals surface area contributed by atoms with Crippen molar-refractivity contribution < 1.29 is 4.79 Å². The van der Waals surface area contributed by atoms with E-state index in [9.17, 15) is 4.79 Å². The number of amides is 1. The van der Waals surface area contributed by atoms with Crippen molar-refractivity contribution in [2.75, 3.05) is 16.8 Å². The number of benzene rings is 3. The maximum absolute atomic E-state index is 13.0. The van der Waals surface area contributed by atoms with Crippen LogP contribution in [0.15, 0.2) is 101 Å². The summed E-state index contributed by atoms with van der Waals surface area (Å²) in [7, 11) is 0. The fourth-order valence-corrected chi connectivity index (χ4v) is 4.72. The number of nitrogens with one attached hydrogen (secondary N) is 1. The third-order valence-electron chi connectivity index (χ3n) is 6.83. The SMILES string of the molecule is CCn1ccc(=Nc2ccc(NC(=O)c3ccc(N=c4cc(C)n(CC)c5ccc(N)cc45)cc3N)cc2)cc1. The number of hydrogen-bond donors (Lipinski definition) is 3. The lowest BCUT2D eigenvalue weighted by atomic mass is 10.1. The Morgan fingerprint density at radius 2 is 1.55 bits per heavy atom. The molecule has 1 amide bonds. The molecule has 5 rings (SSSR count). The van der Waals surface area contributed by atoms with Gasteiger partial charge in [-0.25, -0.2) is 9.98 Å². The highest BCUT2D eigenvalue weighted by Gasteiger charge is 2.11. The number of fused-ring (bicyclic) bond motifs is 1. The van der Waals surface area contributed by atoms with Crippen LogP contribution < -0.4 is 27.5 Å². The normalized spacial score (nSPS) is 11.5. The fourth-order valence-electron chi connectivity index (χ4n) is 4.72. The van der Waals surface area contributed by atoms with Crippen LogP contribution in [0.5, 0.6) is 0 Å². The summed E-state index contributed by atoms with van der Waals surface area (Å²) in [5, 5.41) is 5.54. The smallest absolute Gasteiger partial charge is 0.257 e. The van der Waals surface area contributed by atoms with Crippen molar-refractivity contribution in [3.8, 4) is 0 Å². The summed E-state index contributed by atoms with van der Waals surface area (Å²) < 4.78 is 4.30. The van der Waals surface area contributed by atoms with Crippen molar-refractivity contribution in [2.45, 2.75) is 33.9 Å². The van der Waals surface area contributed by atoms with Crippen molar-refractivity contribution in [3.63, 3.8) is 0 Å². The zero-order valence-corrected chi connectivity index (χ0v) is 22.9. The van der Waals surface area contributed by atoms with Gasteiger partial charge in [-0.05, 0) is 99.6 Å². The van der Waals surface area contributed by atoms with E-state index in [1.807, 2.05) is 73.1 Å². The number of carbonyl (C=O) groups is 1. The Morgan fingerprint density at radius 3 is 2.23 bits per heavy atom. The molecule has 0 atom stereocenters. The van der Waals surface area contributed by atoms with Crippen LogP contribution in [-0.4, -0.2) is 15.0 Å². The van der Waals surface area contributed by atoms with E-state index >= 15 is 0 Å². The first-order valence-electron chi connectivity index (χ1n) is 13.3. The topological polar surface area (TPSA) is 116 Å². The van der Waals surface area contributed by atoms with Crippen LogP contribution in [0.4, 0.5) is 28.4 Å². The molecule has 0 saturated heterocycles. The van der Waals surface area contributed by atoms with Gasteiger partial charge < -0.3 is 25.9 Å². The van der Waals surface area contributed by atoms with Gasteiger partial charge in [0.05, 0.1) is 33.2 Å². The van der Waals surface area contributed by atoms with Gasteiger partial charge in [-0.3, -0.25) is 4.79 Å². The van der Waals surface area contributed by atoms with Crippen LogP contribution in [0.3, 0.4) is 0 Å². The zero-order valence-electron chi connectivity index (χ0n) is 22.9. The minimum Gasteiger partial charge on any atom is -0.399 e. The number of aryl methyl sites for hydroxylation is 3. The van der Waals surface area contributed by atoms with Crippen LogP contribution in [0.25, 0.3) is 10.9 Å². The van der Waals surface area contributed by atoms with Gasteiger partial charge in [-0.15, -0.1) is 0 Å². The summed E-state index contributed by atoms with van der Waals surface area (Å²) in [5.41, 5.74) is 18.1. The first-order chi connectivity index (χ1) is 19.3. The molecule has 5 aromatic rings. The van der Waals surface area contributed by atoms with Crippen LogP contribution in [0.2, 0.25) is 0 Å². The molecule has 5 N–H and O–H groups in total. The van der Waals surface area contributed by atoms with E-state index < -0.39 is 0 Å². The molecule has 8 nitrogen and oxygen atoms in total. The summed E-state index contributed by atoms with van der Waals surface area (Å²) in [5.74, 6) is -0.293. The van der Waals surface area contributed by atoms with Crippen molar-refractivity contribution in [2.24, 2.45) is 9.98 Å². The average molecular weight is 532 g/mol. The highest BCUT2D eigenvalue weighted by Crippen LogP contribution is 2.23. The van der Waals surface area contributed by atoms with Crippen LogP contribution in [0, 0.1) is 6.92 Å². The molecule has 2 aromatic heterocycles. The number of pyridine rings is 2. The van der Waals surface area contributed by atoms with E-state index in [0.717, 1.165) is 46.1 Å². The Kier molecular flexibility index (Phi) is 7.50. The second-order valence-corrected chi connectivity index (χ2v) is 9.57. The third-order valence-corrected chi connectivity index (χ3v) is 6.83. The van der Waals surface area contributed by atoms with E-state index in [1.54, 1.807) is 18.2 Å². The third kappa shape index (κ3) is 5.66. The van der Waals surface area contributed by atoms with Gasteiger partial charge in [0.1, 0.15) is 0 Å². The highest BCUT2D eigenvalue weighted by molar-refractivity contribution is 6.08. The Morgan fingerprint density at radius 1 is 0.825 bits per heavy atom. The molecule has 0 bridgehead atoms. The number of carbonyl (C=O) groups excluding carboxylic acids is 1. The van der Waals surface area contributed by atoms with E-state index in [4.69, 9.17) is 16.5 Å². The molecule has 0 fully saturated rings. The Balaban J connectivity index is 1.37. The second-order valence-electron chi connectivity index (χ2n) is 9.57. The van der Waals surface area contributed by atoms with Gasteiger partial charge in [0.2, 0.25) is 0 Å². The lowest BCUT2D eigenvalue weighted by Gasteiger charge is -2.14. The average Bonchev–Trinajstić information content (AvgIpc) is 2.95. The minimum atomic E-state index is -0.293. The van der Waals surface area contributed by atoms with Gasteiger partial charge in [-0.1, -0.05) is 0 Å². The summed E-state index contributed by atoms with van der Waals surface area (Å²) in [4.78, 5) is 22.5. The van der Waals surface area contributed by atoms with Crippen LogP contribution >= 0.6 is 0 Å². The summed E-state index contributed by atoms with van der Waals surface area (Å²) in [6.07, 6.45) is 3.99. The van der Waals surface area contributed by atoms with E-state index in [0.29, 0.717) is 28.3 Å². The number of hydrogen-bond acceptors (Lipinski definition) is 5. The largest absolute Gasteiger partial charge is 0.399 e. The van der Waals surface area contributed by atoms with Gasteiger partial charge in [0, 0.05) is 53.6 Å². The van der Waals surface area contributed by atoms with Gasteiger partial charge in [0.25, 0.3) is 5.91 Å². The summed E-state index contributed by atoms with van der Waals surface area (Å²) in [6, 6.07) is 24.4. The van der Waals surface area contributed by atoms with Crippen LogP contribution in [-0.2, 0) is 13.1 Å². The van der Waals surface area contributed by atoms with Crippen molar-refractivity contribution >= 4 is 45.2 Å². The quantitative estimate of drug-likeness (QED) is 0.245. The Bertz CT molecular complexity index is 1830. The van der Waals surface area contributed by atoms with Crippen molar-refractivity contribution in [1.82, 2.24) is 9.13 Å². The minimum absolute atomic E-state index is 0.293.